The van der Waals surface area contributed by atoms with Gasteiger partial charge < -0.3 is 9.73 Å². The van der Waals surface area contributed by atoms with E-state index in [4.69, 9.17) is 4.42 Å². The lowest BCUT2D eigenvalue weighted by Crippen LogP contribution is -2.34. The van der Waals surface area contributed by atoms with Gasteiger partial charge in [0.1, 0.15) is 16.2 Å². The zero-order chi connectivity index (χ0) is 22.3. The predicted octanol–water partition coefficient (Wildman–Crippen LogP) is 3.26. The van der Waals surface area contributed by atoms with Gasteiger partial charge in [-0.05, 0) is 19.1 Å². The molecule has 3 aromatic heterocycles. The molecule has 0 radical (unpaired) electrons. The Morgan fingerprint density at radius 1 is 1.23 bits per heavy atom. The number of H-pyrrole nitrogens is 1. The van der Waals surface area contributed by atoms with E-state index in [1.54, 1.807) is 37.3 Å². The van der Waals surface area contributed by atoms with Crippen LogP contribution in [0.4, 0.5) is 0 Å². The van der Waals surface area contributed by atoms with Crippen LogP contribution in [-0.4, -0.2) is 20.4 Å². The molecule has 3 heterocycles. The van der Waals surface area contributed by atoms with Gasteiger partial charge in [0, 0.05) is 10.8 Å². The lowest BCUT2D eigenvalue weighted by atomic mass is 9.93. The molecule has 4 aromatic rings. The summed E-state index contributed by atoms with van der Waals surface area (Å²) in [5.74, 6) is -0.215. The molecule has 160 valence electrons. The van der Waals surface area contributed by atoms with E-state index in [1.807, 2.05) is 5.38 Å². The summed E-state index contributed by atoms with van der Waals surface area (Å²) in [7, 11) is 0. The zero-order valence-corrected chi connectivity index (χ0v) is 18.4. The molecule has 0 saturated heterocycles. The average Bonchev–Trinajstić information content (AvgIpc) is 3.31. The number of amides is 1. The minimum atomic E-state index is -0.637. The molecule has 0 aliphatic heterocycles. The minimum absolute atomic E-state index is 0.0194. The number of thiazole rings is 1. The summed E-state index contributed by atoms with van der Waals surface area (Å²) >= 11 is 1.47. The van der Waals surface area contributed by atoms with E-state index in [0.717, 1.165) is 15.3 Å². The van der Waals surface area contributed by atoms with Crippen LogP contribution in [0.15, 0.2) is 49.7 Å². The first-order valence-electron chi connectivity index (χ1n) is 9.73. The second kappa shape index (κ2) is 7.66. The van der Waals surface area contributed by atoms with Crippen molar-refractivity contribution >= 4 is 28.3 Å². The molecule has 8 nitrogen and oxygen atoms in total. The van der Waals surface area contributed by atoms with E-state index in [1.165, 1.54) is 11.3 Å². The van der Waals surface area contributed by atoms with Gasteiger partial charge in [-0.15, -0.1) is 11.3 Å². The number of furan rings is 1. The first-order chi connectivity index (χ1) is 14.7. The van der Waals surface area contributed by atoms with Crippen LogP contribution in [0.3, 0.4) is 0 Å². The SMILES string of the molecule is Cc1oc2[nH]c(=O)n(-c3ccccc3)c(=O)c2c1C(=O)NCc1nc(C(C)(C)C)cs1. The third-order valence-electron chi connectivity index (χ3n) is 4.89. The van der Waals surface area contributed by atoms with Gasteiger partial charge in [-0.2, -0.15) is 0 Å². The number of nitrogens with zero attached hydrogens (tertiary/aromatic N) is 2. The Morgan fingerprint density at radius 3 is 2.58 bits per heavy atom. The van der Waals surface area contributed by atoms with Crippen LogP contribution < -0.4 is 16.6 Å². The highest BCUT2D eigenvalue weighted by molar-refractivity contribution is 7.09. The van der Waals surface area contributed by atoms with Gasteiger partial charge in [-0.3, -0.25) is 14.6 Å². The Hall–Kier alpha value is -3.46. The number of nitrogens with one attached hydrogen (secondary N) is 2. The molecule has 1 aromatic carbocycles. The van der Waals surface area contributed by atoms with Crippen LogP contribution in [0.5, 0.6) is 0 Å². The summed E-state index contributed by atoms with van der Waals surface area (Å²) in [5, 5.41) is 5.58. The molecule has 1 amide bonds. The first kappa shape index (κ1) is 20.8. The molecule has 9 heteroatoms. The fraction of sp³-hybridized carbons (Fsp3) is 0.273. The highest BCUT2D eigenvalue weighted by Crippen LogP contribution is 2.24. The second-order valence-electron chi connectivity index (χ2n) is 8.20. The summed E-state index contributed by atoms with van der Waals surface area (Å²) in [5.41, 5.74) is 0.110. The monoisotopic (exact) mass is 438 g/mol. The molecule has 0 unspecified atom stereocenters. The largest absolute Gasteiger partial charge is 0.444 e. The highest BCUT2D eigenvalue weighted by Gasteiger charge is 2.24. The van der Waals surface area contributed by atoms with Crippen LogP contribution in [-0.2, 0) is 12.0 Å². The summed E-state index contributed by atoms with van der Waals surface area (Å²) in [6, 6.07) is 8.51. The van der Waals surface area contributed by atoms with E-state index >= 15 is 0 Å². The quantitative estimate of drug-likeness (QED) is 0.508. The summed E-state index contributed by atoms with van der Waals surface area (Å²) in [6.07, 6.45) is 0. The van der Waals surface area contributed by atoms with Crippen molar-refractivity contribution in [3.63, 3.8) is 0 Å². The molecule has 0 saturated carbocycles. The first-order valence-corrected chi connectivity index (χ1v) is 10.6. The maximum Gasteiger partial charge on any atom is 0.335 e. The Morgan fingerprint density at radius 2 is 1.94 bits per heavy atom. The fourth-order valence-corrected chi connectivity index (χ4v) is 4.22. The number of rotatable bonds is 4. The molecule has 0 atom stereocenters. The maximum atomic E-state index is 13.2. The number of benzene rings is 1. The molecule has 0 spiro atoms. The van der Waals surface area contributed by atoms with E-state index in [9.17, 15) is 14.4 Å². The number of carbonyl (C=O) groups excluding carboxylic acids is 1. The molecule has 0 aliphatic carbocycles. The van der Waals surface area contributed by atoms with E-state index in [-0.39, 0.29) is 34.4 Å². The number of aromatic amines is 1. The van der Waals surface area contributed by atoms with Gasteiger partial charge >= 0.3 is 5.69 Å². The Labute approximate surface area is 181 Å². The smallest absolute Gasteiger partial charge is 0.335 e. The molecular formula is C22H22N4O4S. The van der Waals surface area contributed by atoms with Crippen molar-refractivity contribution < 1.29 is 9.21 Å². The lowest BCUT2D eigenvalue weighted by Gasteiger charge is -2.14. The van der Waals surface area contributed by atoms with Crippen LogP contribution in [0, 0.1) is 6.92 Å². The van der Waals surface area contributed by atoms with Crippen molar-refractivity contribution in [2.45, 2.75) is 39.7 Å². The fourth-order valence-electron chi connectivity index (χ4n) is 3.26. The van der Waals surface area contributed by atoms with Crippen molar-refractivity contribution in [3.8, 4) is 5.69 Å². The second-order valence-corrected chi connectivity index (χ2v) is 9.15. The van der Waals surface area contributed by atoms with Crippen LogP contribution in [0.1, 0.15) is 47.6 Å². The Kier molecular flexibility index (Phi) is 5.14. The molecule has 0 fully saturated rings. The van der Waals surface area contributed by atoms with Crippen LogP contribution >= 0.6 is 11.3 Å². The van der Waals surface area contributed by atoms with E-state index in [0.29, 0.717) is 5.69 Å². The number of aromatic nitrogens is 3. The normalized spacial score (nSPS) is 11.7. The minimum Gasteiger partial charge on any atom is -0.444 e. The van der Waals surface area contributed by atoms with Crippen molar-refractivity contribution in [2.75, 3.05) is 0 Å². The zero-order valence-electron chi connectivity index (χ0n) is 17.6. The average molecular weight is 439 g/mol. The molecular weight excluding hydrogens is 416 g/mol. The number of carbonyl (C=O) groups is 1. The third-order valence-corrected chi connectivity index (χ3v) is 5.74. The topological polar surface area (TPSA) is 110 Å². The number of aryl methyl sites for hydroxylation is 1. The maximum absolute atomic E-state index is 13.2. The molecule has 0 bridgehead atoms. The van der Waals surface area contributed by atoms with Gasteiger partial charge in [0.15, 0.2) is 0 Å². The number of para-hydroxylation sites is 1. The predicted molar refractivity (Wildman–Crippen MR) is 119 cm³/mol. The van der Waals surface area contributed by atoms with Crippen molar-refractivity contribution in [1.29, 1.82) is 0 Å². The molecule has 2 N–H and O–H groups in total. The molecule has 0 aliphatic rings. The lowest BCUT2D eigenvalue weighted by molar-refractivity contribution is 0.0950. The van der Waals surface area contributed by atoms with Crippen LogP contribution in [0.25, 0.3) is 16.8 Å². The summed E-state index contributed by atoms with van der Waals surface area (Å²) < 4.78 is 6.52. The van der Waals surface area contributed by atoms with Crippen molar-refractivity contribution in [3.05, 3.63) is 78.6 Å². The number of hydrogen-bond donors (Lipinski definition) is 2. The van der Waals surface area contributed by atoms with Gasteiger partial charge in [-0.1, -0.05) is 39.0 Å². The van der Waals surface area contributed by atoms with Gasteiger partial charge in [-0.25, -0.2) is 14.3 Å². The van der Waals surface area contributed by atoms with Crippen molar-refractivity contribution in [1.82, 2.24) is 19.9 Å². The van der Waals surface area contributed by atoms with Gasteiger partial charge in [0.2, 0.25) is 5.71 Å². The Balaban J connectivity index is 1.71. The highest BCUT2D eigenvalue weighted by atomic mass is 32.1. The van der Waals surface area contributed by atoms with Gasteiger partial charge in [0.05, 0.1) is 23.5 Å². The number of fused-ring (bicyclic) bond motifs is 1. The van der Waals surface area contributed by atoms with Gasteiger partial charge in [0.25, 0.3) is 11.5 Å². The van der Waals surface area contributed by atoms with E-state index in [2.05, 4.69) is 36.1 Å². The van der Waals surface area contributed by atoms with Crippen LogP contribution in [0.2, 0.25) is 0 Å². The van der Waals surface area contributed by atoms with E-state index < -0.39 is 17.2 Å². The number of hydrogen-bond acceptors (Lipinski definition) is 6. The third kappa shape index (κ3) is 3.84. The molecule has 31 heavy (non-hydrogen) atoms. The Bertz CT molecular complexity index is 1390. The molecule has 4 rings (SSSR count). The summed E-state index contributed by atoms with van der Waals surface area (Å²) in [6.45, 7) is 8.03. The standard InChI is InChI=1S/C22H22N4O4S/c1-12-16(18(27)23-10-15-24-14(11-31-15)22(2,3)4)17-19(30-12)25-21(29)26(20(17)28)13-8-6-5-7-9-13/h5-9,11H,10H2,1-4H3,(H,23,27)(H,25,29). The van der Waals surface area contributed by atoms with Crippen molar-refractivity contribution in [2.24, 2.45) is 0 Å². The summed E-state index contributed by atoms with van der Waals surface area (Å²) in [4.78, 5) is 45.7.